The number of nitrogens with one attached hydrogen (secondary N) is 7. The quantitative estimate of drug-likeness (QED) is 0.0141. The fourth-order valence-corrected chi connectivity index (χ4v) is 10.4. The Morgan fingerprint density at radius 2 is 1.52 bits per heavy atom. The molecule has 0 aliphatic carbocycles. The minimum atomic E-state index is -1.43. The normalized spacial score (nSPS) is 18.7. The van der Waals surface area contributed by atoms with Crippen molar-refractivity contribution in [3.63, 3.8) is 0 Å². The van der Waals surface area contributed by atoms with Crippen LogP contribution in [-0.2, 0) is 84.7 Å². The van der Waals surface area contributed by atoms with E-state index < -0.39 is 137 Å². The third-order valence-electron chi connectivity index (χ3n) is 15.1. The van der Waals surface area contributed by atoms with Crippen molar-refractivity contribution < 1.29 is 86.0 Å². The lowest BCUT2D eigenvalue weighted by Crippen LogP contribution is -2.54. The summed E-state index contributed by atoms with van der Waals surface area (Å²) < 4.78 is 34.2. The zero-order valence-electron chi connectivity index (χ0n) is 54.3. The van der Waals surface area contributed by atoms with Crippen molar-refractivity contribution in [2.75, 3.05) is 51.8 Å². The molecule has 29 heteroatoms. The van der Waals surface area contributed by atoms with Gasteiger partial charge in [0.15, 0.2) is 6.10 Å². The summed E-state index contributed by atoms with van der Waals surface area (Å²) in [5.74, 6) is -8.01. The first-order valence-electron chi connectivity index (χ1n) is 31.0. The molecule has 0 aromatic heterocycles. The van der Waals surface area contributed by atoms with Crippen molar-refractivity contribution in [1.82, 2.24) is 36.8 Å². The van der Waals surface area contributed by atoms with E-state index in [0.717, 1.165) is 17.1 Å². The summed E-state index contributed by atoms with van der Waals surface area (Å²) in [6.45, 7) is 10.4. The van der Waals surface area contributed by atoms with Gasteiger partial charge < -0.3 is 71.4 Å². The molecule has 10 amide bonds. The zero-order valence-corrected chi connectivity index (χ0v) is 55.8. The Morgan fingerprint density at radius 1 is 0.832 bits per heavy atom. The minimum absolute atomic E-state index is 0.000569. The highest BCUT2D eigenvalue weighted by Crippen LogP contribution is 2.35. The van der Waals surface area contributed by atoms with E-state index >= 15 is 0 Å². The van der Waals surface area contributed by atoms with Crippen LogP contribution in [0.2, 0.25) is 5.02 Å². The van der Waals surface area contributed by atoms with Gasteiger partial charge in [0.25, 0.3) is 11.8 Å². The van der Waals surface area contributed by atoms with Crippen LogP contribution in [-0.4, -0.2) is 159 Å². The van der Waals surface area contributed by atoms with Crippen LogP contribution in [0, 0.1) is 23.2 Å². The van der Waals surface area contributed by atoms with Crippen molar-refractivity contribution >= 4 is 100 Å². The molecule has 3 aromatic rings. The van der Waals surface area contributed by atoms with Gasteiger partial charge in [-0.3, -0.25) is 48.1 Å². The second kappa shape index (κ2) is 37.7. The topological polar surface area (TPSA) is 374 Å². The number of cyclic esters (lactones) is 2. The standard InChI is InChI=1S/C66H85Cl2N9O18/c1-38(2)32-50-62(86)93-48(17-12-18-51(78)74-47(34-42-21-24-49(90-8)45(67)33-42)59(83)72-37-66(6,7)63(87)94-50)40(5)58(56(68)43-14-10-9-11-15-43)95-55(82)35-71-65(89)92-36-41-19-22-44(23-20-41)73-60(84)46(16-13-28-70-64(69)88)75-61(85)57(39(3)4)76-52(79)27-30-91-31-29-77-53(80)25-26-54(77)81/h9-12,14-15,18-26,33,38-40,46-48,50,56-58H,13,16-17,27-32,34-37H2,1-8H3,(H,71,89)(H,72,83)(H,73,84)(H,74,78)(H,75,85)(H,76,79)(H3,69,70,88)/b18-12+/t40-,46-,47+,48-,50-,56-,57-,58+/m0/s1. The molecule has 5 rings (SSSR count). The second-order valence-corrected chi connectivity index (χ2v) is 24.9. The molecule has 2 aliphatic rings. The van der Waals surface area contributed by atoms with E-state index in [9.17, 15) is 57.5 Å². The fraction of sp³-hybridized carbons (Fsp3) is 0.485. The molecule has 95 heavy (non-hydrogen) atoms. The molecular weight excluding hydrogens is 1280 g/mol. The van der Waals surface area contributed by atoms with Crippen LogP contribution in [0.25, 0.3) is 0 Å². The van der Waals surface area contributed by atoms with Gasteiger partial charge in [0.1, 0.15) is 49.2 Å². The summed E-state index contributed by atoms with van der Waals surface area (Å²) in [6, 6.07) is 15.4. The number of hydrogen-bond acceptors (Lipinski definition) is 18. The minimum Gasteiger partial charge on any atom is -0.495 e. The summed E-state index contributed by atoms with van der Waals surface area (Å²) in [6.07, 6.45) is -0.149. The number of carbonyl (C=O) groups is 12. The monoisotopic (exact) mass is 1360 g/mol. The molecule has 3 aromatic carbocycles. The van der Waals surface area contributed by atoms with Crippen molar-refractivity contribution in [2.24, 2.45) is 28.9 Å². The summed E-state index contributed by atoms with van der Waals surface area (Å²) in [5, 5.41) is 17.5. The van der Waals surface area contributed by atoms with Crippen molar-refractivity contribution in [3.05, 3.63) is 119 Å². The number of methoxy groups -OCH3 is 1. The molecule has 9 N–H and O–H groups in total. The molecular formula is C66H85Cl2N9O18. The SMILES string of the molecule is COc1ccc(C[C@H]2NC(=O)/C=C/C[C@@H]([C@H](C)[C@@H](OC(=O)CNC(=O)OCc3ccc(NC(=O)[C@H](CCCNC(N)=O)NC(=O)[C@@H](NC(=O)CCOCCN4C(=O)C=CC4=O)C(C)C)cc3)[C@@H](Cl)c3ccccc3)OC(=O)[C@H](CC(C)C)OC(=O)C(C)(C)CNC2=O)cc1Cl. The van der Waals surface area contributed by atoms with Gasteiger partial charge in [-0.15, -0.1) is 11.6 Å². The highest BCUT2D eigenvalue weighted by Gasteiger charge is 2.41. The number of alkyl carbamates (subject to hydrolysis) is 1. The predicted octanol–water partition coefficient (Wildman–Crippen LogP) is 5.15. The smallest absolute Gasteiger partial charge is 0.407 e. The average Bonchev–Trinajstić information content (AvgIpc) is 1.03. The van der Waals surface area contributed by atoms with E-state index in [4.69, 9.17) is 57.4 Å². The van der Waals surface area contributed by atoms with Crippen LogP contribution in [0.1, 0.15) is 103 Å². The van der Waals surface area contributed by atoms with Crippen LogP contribution in [0.15, 0.2) is 97.1 Å². The van der Waals surface area contributed by atoms with Crippen molar-refractivity contribution in [2.45, 2.75) is 135 Å². The maximum absolute atomic E-state index is 14.3. The summed E-state index contributed by atoms with van der Waals surface area (Å²) in [7, 11) is 1.45. The molecule has 8 atom stereocenters. The Labute approximate surface area is 561 Å². The lowest BCUT2D eigenvalue weighted by atomic mass is 9.90. The van der Waals surface area contributed by atoms with Crippen LogP contribution < -0.4 is 47.7 Å². The van der Waals surface area contributed by atoms with Gasteiger partial charge in [0.05, 0.1) is 42.7 Å². The first kappa shape index (κ1) is 76.6. The third kappa shape index (κ3) is 25.3. The Hall–Kier alpha value is -9.08. The maximum Gasteiger partial charge on any atom is 0.407 e. The average molecular weight is 1360 g/mol. The number of hydrogen-bond donors (Lipinski definition) is 8. The lowest BCUT2D eigenvalue weighted by Gasteiger charge is -2.34. The molecule has 0 fully saturated rings. The Morgan fingerprint density at radius 3 is 2.16 bits per heavy atom. The highest BCUT2D eigenvalue weighted by molar-refractivity contribution is 6.32. The Bertz CT molecular complexity index is 3240. The number of alkyl halides is 1. The Kier molecular flexibility index (Phi) is 30.4. The molecule has 0 spiro atoms. The fourth-order valence-electron chi connectivity index (χ4n) is 9.64. The van der Waals surface area contributed by atoms with E-state index in [1.54, 1.807) is 81.4 Å². The number of nitrogens with two attached hydrogens (primary N) is 1. The van der Waals surface area contributed by atoms with Crippen molar-refractivity contribution in [1.29, 1.82) is 0 Å². The number of benzene rings is 3. The van der Waals surface area contributed by atoms with E-state index in [2.05, 4.69) is 37.2 Å². The summed E-state index contributed by atoms with van der Waals surface area (Å²) >= 11 is 13.6. The van der Waals surface area contributed by atoms with Gasteiger partial charge in [0.2, 0.25) is 29.5 Å². The molecule has 0 bridgehead atoms. The van der Waals surface area contributed by atoms with Gasteiger partial charge >= 0.3 is 30.0 Å². The van der Waals surface area contributed by atoms with Crippen molar-refractivity contribution in [3.8, 4) is 5.75 Å². The third-order valence-corrected chi connectivity index (χ3v) is 15.9. The maximum atomic E-state index is 14.3. The molecule has 0 saturated carbocycles. The van der Waals surface area contributed by atoms with Crippen LogP contribution in [0.3, 0.4) is 0 Å². The number of imide groups is 1. The number of primary amides is 1. The van der Waals surface area contributed by atoms with E-state index in [1.165, 1.54) is 45.2 Å². The molecule has 2 heterocycles. The van der Waals surface area contributed by atoms with E-state index in [0.29, 0.717) is 22.4 Å². The number of rotatable bonds is 30. The zero-order chi connectivity index (χ0) is 69.9. The largest absolute Gasteiger partial charge is 0.495 e. The van der Waals surface area contributed by atoms with Gasteiger partial charge in [-0.1, -0.05) is 101 Å². The van der Waals surface area contributed by atoms with E-state index in [1.807, 2.05) is 13.8 Å². The molecule has 2 aliphatic heterocycles. The number of esters is 3. The van der Waals surface area contributed by atoms with Gasteiger partial charge in [-0.25, -0.2) is 14.4 Å². The van der Waals surface area contributed by atoms with Gasteiger partial charge in [-0.05, 0) is 92.0 Å². The number of ether oxygens (including phenoxy) is 6. The van der Waals surface area contributed by atoms with E-state index in [-0.39, 0.29) is 94.6 Å². The molecule has 0 saturated heterocycles. The van der Waals surface area contributed by atoms with Crippen LogP contribution >= 0.6 is 23.2 Å². The molecule has 0 unspecified atom stereocenters. The summed E-state index contributed by atoms with van der Waals surface area (Å²) in [4.78, 5) is 159. The number of halogens is 2. The molecule has 0 radical (unpaired) electrons. The van der Waals surface area contributed by atoms with Crippen LogP contribution in [0.4, 0.5) is 15.3 Å². The highest BCUT2D eigenvalue weighted by atomic mass is 35.5. The Balaban J connectivity index is 1.24. The number of urea groups is 1. The van der Waals surface area contributed by atoms with Gasteiger partial charge in [-0.2, -0.15) is 0 Å². The summed E-state index contributed by atoms with van der Waals surface area (Å²) in [5.41, 5.74) is 5.65. The second-order valence-electron chi connectivity index (χ2n) is 24.0. The number of anilines is 1. The molecule has 27 nitrogen and oxygen atoms in total. The first-order chi connectivity index (χ1) is 45.0. The lowest BCUT2D eigenvalue weighted by molar-refractivity contribution is -0.181. The first-order valence-corrected chi connectivity index (χ1v) is 31.8. The van der Waals surface area contributed by atoms with Gasteiger partial charge in [0, 0.05) is 56.1 Å². The number of carbonyl (C=O) groups excluding carboxylic acids is 12. The molecule has 516 valence electrons. The number of nitrogens with zero attached hydrogens (tertiary/aromatic N) is 1. The van der Waals surface area contributed by atoms with Crippen LogP contribution in [0.5, 0.6) is 5.75 Å². The number of amides is 10. The predicted molar refractivity (Wildman–Crippen MR) is 348 cm³/mol.